The van der Waals surface area contributed by atoms with Crippen molar-refractivity contribution in [2.45, 2.75) is 5.60 Å². The first-order valence-electron chi connectivity index (χ1n) is 5.96. The Labute approximate surface area is 116 Å². The van der Waals surface area contributed by atoms with Crippen LogP contribution in [0.3, 0.4) is 0 Å². The van der Waals surface area contributed by atoms with Gasteiger partial charge in [0.15, 0.2) is 0 Å². The Hall–Kier alpha value is -2.15. The summed E-state index contributed by atoms with van der Waals surface area (Å²) in [6.07, 6.45) is 0. The molecule has 0 aliphatic rings. The fourth-order valence-electron chi connectivity index (χ4n) is 1.94. The lowest BCUT2D eigenvalue weighted by Gasteiger charge is -2.27. The van der Waals surface area contributed by atoms with Gasteiger partial charge in [-0.15, -0.1) is 0 Å². The number of carbonyl (C=O) groups excluding carboxylic acids is 1. The highest BCUT2D eigenvalue weighted by Crippen LogP contribution is 2.30. The molecule has 5 nitrogen and oxygen atoms in total. The molecule has 20 heavy (non-hydrogen) atoms. The molecule has 0 amide bonds. The maximum atomic E-state index is 12.1. The van der Waals surface area contributed by atoms with Gasteiger partial charge in [-0.25, -0.2) is 4.79 Å². The number of rotatable bonds is 4. The van der Waals surface area contributed by atoms with Gasteiger partial charge in [0, 0.05) is 0 Å². The molecular formula is C14H13BO5. The van der Waals surface area contributed by atoms with Crippen molar-refractivity contribution in [3.05, 3.63) is 71.8 Å². The van der Waals surface area contributed by atoms with Crippen LogP contribution in [0.25, 0.3) is 0 Å². The smallest absolute Gasteiger partial charge is 0.482 e. The zero-order chi connectivity index (χ0) is 14.6. The quantitative estimate of drug-likeness (QED) is 0.703. The molecule has 2 rings (SSSR count). The maximum absolute atomic E-state index is 12.1. The van der Waals surface area contributed by atoms with E-state index in [-0.39, 0.29) is 11.1 Å². The molecular weight excluding hydrogens is 259 g/mol. The lowest BCUT2D eigenvalue weighted by Crippen LogP contribution is -2.41. The van der Waals surface area contributed by atoms with Crippen LogP contribution in [0.2, 0.25) is 0 Å². The SMILES string of the molecule is O=C(OB(O)O)C(O)(c1ccccc1)c1ccccc1. The van der Waals surface area contributed by atoms with E-state index in [0.29, 0.717) is 0 Å². The van der Waals surface area contributed by atoms with E-state index >= 15 is 0 Å². The number of hydrogen-bond acceptors (Lipinski definition) is 5. The van der Waals surface area contributed by atoms with Crippen molar-refractivity contribution >= 4 is 13.3 Å². The van der Waals surface area contributed by atoms with E-state index in [4.69, 9.17) is 10.0 Å². The summed E-state index contributed by atoms with van der Waals surface area (Å²) in [7, 11) is -2.29. The van der Waals surface area contributed by atoms with Crippen LogP contribution in [0.5, 0.6) is 0 Å². The zero-order valence-electron chi connectivity index (χ0n) is 10.5. The first kappa shape index (κ1) is 14.3. The highest BCUT2D eigenvalue weighted by Gasteiger charge is 2.43. The molecule has 2 aromatic rings. The minimum absolute atomic E-state index is 0.275. The second kappa shape index (κ2) is 5.87. The third-order valence-corrected chi connectivity index (χ3v) is 2.89. The average molecular weight is 272 g/mol. The molecule has 0 spiro atoms. The Morgan fingerprint density at radius 1 is 0.900 bits per heavy atom. The second-order valence-electron chi connectivity index (χ2n) is 4.17. The molecule has 0 heterocycles. The topological polar surface area (TPSA) is 87.0 Å². The summed E-state index contributed by atoms with van der Waals surface area (Å²) in [5, 5.41) is 28.3. The number of hydrogen-bond donors (Lipinski definition) is 3. The molecule has 2 aromatic carbocycles. The Morgan fingerprint density at radius 3 is 1.65 bits per heavy atom. The first-order chi connectivity index (χ1) is 9.55. The minimum atomic E-state index is -2.29. The molecule has 3 N–H and O–H groups in total. The molecule has 0 fully saturated rings. The Bertz CT molecular complexity index is 531. The predicted molar refractivity (Wildman–Crippen MR) is 72.2 cm³/mol. The summed E-state index contributed by atoms with van der Waals surface area (Å²) in [4.78, 5) is 12.1. The molecule has 0 atom stereocenters. The maximum Gasteiger partial charge on any atom is 0.709 e. The van der Waals surface area contributed by atoms with E-state index < -0.39 is 18.9 Å². The molecule has 0 aromatic heterocycles. The van der Waals surface area contributed by atoms with Crippen molar-refractivity contribution in [3.8, 4) is 0 Å². The molecule has 0 saturated carbocycles. The van der Waals surface area contributed by atoms with Crippen LogP contribution in [0, 0.1) is 0 Å². The van der Waals surface area contributed by atoms with Crippen LogP contribution in [-0.4, -0.2) is 28.4 Å². The van der Waals surface area contributed by atoms with Gasteiger partial charge < -0.3 is 19.8 Å². The normalized spacial score (nSPS) is 10.9. The monoisotopic (exact) mass is 272 g/mol. The van der Waals surface area contributed by atoms with Crippen LogP contribution >= 0.6 is 0 Å². The number of aliphatic hydroxyl groups is 1. The van der Waals surface area contributed by atoms with E-state index in [0.717, 1.165) is 0 Å². The van der Waals surface area contributed by atoms with Gasteiger partial charge in [-0.2, -0.15) is 0 Å². The van der Waals surface area contributed by atoms with Crippen molar-refractivity contribution < 1.29 is 24.6 Å². The Kier molecular flexibility index (Phi) is 4.19. The van der Waals surface area contributed by atoms with E-state index in [9.17, 15) is 9.90 Å². The zero-order valence-corrected chi connectivity index (χ0v) is 10.5. The van der Waals surface area contributed by atoms with E-state index in [1.165, 1.54) is 0 Å². The number of benzene rings is 2. The molecule has 0 bridgehead atoms. The third-order valence-electron chi connectivity index (χ3n) is 2.89. The van der Waals surface area contributed by atoms with Crippen molar-refractivity contribution in [2.24, 2.45) is 0 Å². The van der Waals surface area contributed by atoms with Crippen LogP contribution in [-0.2, 0) is 15.0 Å². The summed E-state index contributed by atoms with van der Waals surface area (Å²) in [6.45, 7) is 0. The van der Waals surface area contributed by atoms with Crippen LogP contribution in [0.4, 0.5) is 0 Å². The molecule has 0 radical (unpaired) electrons. The Morgan fingerprint density at radius 2 is 1.30 bits per heavy atom. The van der Waals surface area contributed by atoms with E-state index in [2.05, 4.69) is 4.65 Å². The largest absolute Gasteiger partial charge is 0.709 e. The molecule has 0 aliphatic carbocycles. The fraction of sp³-hybridized carbons (Fsp3) is 0.0714. The van der Waals surface area contributed by atoms with E-state index in [1.807, 2.05) is 0 Å². The summed E-state index contributed by atoms with van der Waals surface area (Å²) in [5.41, 5.74) is -1.56. The average Bonchev–Trinajstić information content (AvgIpc) is 2.47. The van der Waals surface area contributed by atoms with Crippen LogP contribution < -0.4 is 0 Å². The highest BCUT2D eigenvalue weighted by molar-refractivity contribution is 6.36. The summed E-state index contributed by atoms with van der Waals surface area (Å²) in [5.74, 6) is -1.16. The summed E-state index contributed by atoms with van der Waals surface area (Å²) < 4.78 is 4.35. The van der Waals surface area contributed by atoms with Gasteiger partial charge in [-0.3, -0.25) is 0 Å². The van der Waals surface area contributed by atoms with Gasteiger partial charge in [0.25, 0.3) is 0 Å². The van der Waals surface area contributed by atoms with Crippen molar-refractivity contribution in [2.75, 3.05) is 0 Å². The van der Waals surface area contributed by atoms with Gasteiger partial charge >= 0.3 is 13.3 Å². The van der Waals surface area contributed by atoms with Gasteiger partial charge in [0.1, 0.15) is 0 Å². The standard InChI is InChI=1S/C14H13BO5/c16-13(20-15(18)19)14(17,11-7-3-1-4-8-11)12-9-5-2-6-10-12/h1-10,17-19H. The van der Waals surface area contributed by atoms with Crippen molar-refractivity contribution in [1.82, 2.24) is 0 Å². The number of carbonyl (C=O) groups is 1. The highest BCUT2D eigenvalue weighted by atomic mass is 16.7. The molecule has 0 saturated heterocycles. The summed E-state index contributed by atoms with van der Waals surface area (Å²) >= 11 is 0. The van der Waals surface area contributed by atoms with Crippen LogP contribution in [0.1, 0.15) is 11.1 Å². The van der Waals surface area contributed by atoms with E-state index in [1.54, 1.807) is 60.7 Å². The first-order valence-corrected chi connectivity index (χ1v) is 5.96. The predicted octanol–water partition coefficient (Wildman–Crippen LogP) is 0.435. The van der Waals surface area contributed by atoms with Gasteiger partial charge in [-0.1, -0.05) is 60.7 Å². The minimum Gasteiger partial charge on any atom is -0.482 e. The summed E-state index contributed by atoms with van der Waals surface area (Å²) in [6, 6.07) is 16.3. The molecule has 0 aliphatic heterocycles. The third kappa shape index (κ3) is 2.72. The van der Waals surface area contributed by atoms with Crippen molar-refractivity contribution in [1.29, 1.82) is 0 Å². The Balaban J connectivity index is 2.52. The van der Waals surface area contributed by atoms with Crippen LogP contribution in [0.15, 0.2) is 60.7 Å². The van der Waals surface area contributed by atoms with Crippen molar-refractivity contribution in [3.63, 3.8) is 0 Å². The fourth-order valence-corrected chi connectivity index (χ4v) is 1.94. The lowest BCUT2D eigenvalue weighted by molar-refractivity contribution is -0.154. The van der Waals surface area contributed by atoms with Gasteiger partial charge in [0.2, 0.25) is 5.60 Å². The van der Waals surface area contributed by atoms with Gasteiger partial charge in [-0.05, 0) is 11.1 Å². The molecule has 102 valence electrons. The molecule has 0 unspecified atom stereocenters. The second-order valence-corrected chi connectivity index (χ2v) is 4.17. The van der Waals surface area contributed by atoms with Gasteiger partial charge in [0.05, 0.1) is 0 Å². The molecule has 6 heteroatoms. The lowest BCUT2D eigenvalue weighted by atomic mass is 9.86.